The number of amides is 1. The first kappa shape index (κ1) is 18.0. The molecule has 0 unspecified atom stereocenters. The normalized spacial score (nSPS) is 10.8. The van der Waals surface area contributed by atoms with E-state index in [4.69, 9.17) is 16.7 Å². The molecule has 0 bridgehead atoms. The van der Waals surface area contributed by atoms with Crippen LogP contribution in [0.3, 0.4) is 0 Å². The quantitative estimate of drug-likeness (QED) is 0.562. The first-order valence-electron chi connectivity index (χ1n) is 8.78. The first-order chi connectivity index (χ1) is 13.6. The molecule has 6 nitrogen and oxygen atoms in total. The predicted octanol–water partition coefficient (Wildman–Crippen LogP) is 3.86. The monoisotopic (exact) mass is 391 g/mol. The fraction of sp³-hybridized carbons (Fsp3) is 0.0952. The molecule has 1 amide bonds. The molecule has 1 N–H and O–H groups in total. The van der Waals surface area contributed by atoms with Crippen LogP contribution in [0, 0.1) is 0 Å². The number of nitrogens with zero attached hydrogens (tertiary/aromatic N) is 4. The molecule has 2 aromatic heterocycles. The van der Waals surface area contributed by atoms with E-state index in [0.717, 1.165) is 22.5 Å². The van der Waals surface area contributed by atoms with Crippen LogP contribution in [0.1, 0.15) is 16.1 Å². The lowest BCUT2D eigenvalue weighted by atomic mass is 10.1. The minimum absolute atomic E-state index is 0.281. The first-order valence-corrected chi connectivity index (χ1v) is 9.16. The molecule has 0 aliphatic heterocycles. The minimum Gasteiger partial charge on any atom is -0.346 e. The summed E-state index contributed by atoms with van der Waals surface area (Å²) in [6.07, 6.45) is 3.39. The van der Waals surface area contributed by atoms with E-state index in [1.165, 1.54) is 10.9 Å². The molecule has 0 aliphatic carbocycles. The van der Waals surface area contributed by atoms with Crippen LogP contribution >= 0.6 is 11.6 Å². The standard InChI is InChI=1S/C21H18ClN5O/c1-26-20(18(22)13-24-26)21(28)23-12-16-14-27(17-10-6-3-7-11-17)25-19(16)15-8-4-2-5-9-15/h2-11,13-14H,12H2,1H3,(H,23,28). The van der Waals surface area contributed by atoms with Crippen LogP contribution in [0.25, 0.3) is 16.9 Å². The van der Waals surface area contributed by atoms with Crippen LogP contribution < -0.4 is 5.32 Å². The van der Waals surface area contributed by atoms with Crippen molar-refractivity contribution < 1.29 is 4.79 Å². The van der Waals surface area contributed by atoms with Gasteiger partial charge in [-0.05, 0) is 12.1 Å². The summed E-state index contributed by atoms with van der Waals surface area (Å²) in [6, 6.07) is 19.8. The van der Waals surface area contributed by atoms with Gasteiger partial charge in [-0.25, -0.2) is 4.68 Å². The maximum atomic E-state index is 12.6. The fourth-order valence-corrected chi connectivity index (χ4v) is 3.27. The molecule has 0 atom stereocenters. The van der Waals surface area contributed by atoms with Crippen LogP contribution in [-0.2, 0) is 13.6 Å². The third-order valence-corrected chi connectivity index (χ3v) is 4.68. The molecule has 140 valence electrons. The number of carbonyl (C=O) groups is 1. The molecule has 4 rings (SSSR count). The van der Waals surface area contributed by atoms with Gasteiger partial charge < -0.3 is 5.32 Å². The summed E-state index contributed by atoms with van der Waals surface area (Å²) in [4.78, 5) is 12.6. The Balaban J connectivity index is 1.65. The Morgan fingerprint density at radius 2 is 1.75 bits per heavy atom. The van der Waals surface area contributed by atoms with Crippen molar-refractivity contribution in [1.82, 2.24) is 24.9 Å². The van der Waals surface area contributed by atoms with E-state index in [1.807, 2.05) is 71.5 Å². The zero-order valence-corrected chi connectivity index (χ0v) is 16.0. The average Bonchev–Trinajstić information content (AvgIpc) is 3.31. The second-order valence-electron chi connectivity index (χ2n) is 6.30. The van der Waals surface area contributed by atoms with Crippen LogP contribution in [0.5, 0.6) is 0 Å². The summed E-state index contributed by atoms with van der Waals surface area (Å²) in [7, 11) is 1.68. The van der Waals surface area contributed by atoms with Gasteiger partial charge in [-0.15, -0.1) is 0 Å². The number of benzene rings is 2. The van der Waals surface area contributed by atoms with Crippen molar-refractivity contribution >= 4 is 17.5 Å². The van der Waals surface area contributed by atoms with Crippen molar-refractivity contribution in [3.8, 4) is 16.9 Å². The second-order valence-corrected chi connectivity index (χ2v) is 6.70. The van der Waals surface area contributed by atoms with Gasteiger partial charge in [-0.1, -0.05) is 60.1 Å². The molecule has 0 saturated carbocycles. The van der Waals surface area contributed by atoms with Crippen molar-refractivity contribution in [3.05, 3.63) is 89.3 Å². The molecule has 0 fully saturated rings. The largest absolute Gasteiger partial charge is 0.346 e. The Labute approximate surface area is 167 Å². The number of aromatic nitrogens is 4. The second kappa shape index (κ2) is 7.70. The summed E-state index contributed by atoms with van der Waals surface area (Å²) in [5.74, 6) is -0.281. The molecule has 7 heteroatoms. The Morgan fingerprint density at radius 3 is 2.39 bits per heavy atom. The van der Waals surface area contributed by atoms with Crippen molar-refractivity contribution in [2.45, 2.75) is 6.54 Å². The van der Waals surface area contributed by atoms with Gasteiger partial charge in [-0.3, -0.25) is 9.48 Å². The molecule has 2 aromatic carbocycles. The van der Waals surface area contributed by atoms with Gasteiger partial charge in [0.2, 0.25) is 0 Å². The maximum absolute atomic E-state index is 12.6. The number of carbonyl (C=O) groups excluding carboxylic acids is 1. The van der Waals surface area contributed by atoms with Gasteiger partial charge in [0.1, 0.15) is 5.69 Å². The van der Waals surface area contributed by atoms with Gasteiger partial charge in [0.25, 0.3) is 5.91 Å². The molecule has 0 aliphatic rings. The molecular formula is C21H18ClN5O. The number of hydrogen-bond acceptors (Lipinski definition) is 3. The van der Waals surface area contributed by atoms with E-state index in [9.17, 15) is 4.79 Å². The molecule has 0 saturated heterocycles. The Hall–Kier alpha value is -3.38. The number of aryl methyl sites for hydroxylation is 1. The Morgan fingerprint density at radius 1 is 1.07 bits per heavy atom. The maximum Gasteiger partial charge on any atom is 0.271 e. The fourth-order valence-electron chi connectivity index (χ4n) is 3.02. The molecule has 0 radical (unpaired) electrons. The average molecular weight is 392 g/mol. The Bertz CT molecular complexity index is 1080. The van der Waals surface area contributed by atoms with E-state index >= 15 is 0 Å². The lowest BCUT2D eigenvalue weighted by Gasteiger charge is -2.06. The Kier molecular flexibility index (Phi) is 4.95. The smallest absolute Gasteiger partial charge is 0.271 e. The van der Waals surface area contributed by atoms with E-state index in [-0.39, 0.29) is 5.91 Å². The van der Waals surface area contributed by atoms with Crippen molar-refractivity contribution in [2.75, 3.05) is 0 Å². The highest BCUT2D eigenvalue weighted by molar-refractivity contribution is 6.33. The van der Waals surface area contributed by atoms with Crippen LogP contribution in [0.4, 0.5) is 0 Å². The van der Waals surface area contributed by atoms with Crippen molar-refractivity contribution in [3.63, 3.8) is 0 Å². The van der Waals surface area contributed by atoms with Gasteiger partial charge in [-0.2, -0.15) is 10.2 Å². The van der Waals surface area contributed by atoms with Crippen molar-refractivity contribution in [1.29, 1.82) is 0 Å². The summed E-state index contributed by atoms with van der Waals surface area (Å²) in [5, 5.41) is 12.0. The van der Waals surface area contributed by atoms with Gasteiger partial charge in [0, 0.05) is 30.9 Å². The molecule has 28 heavy (non-hydrogen) atoms. The number of halogens is 1. The van der Waals surface area contributed by atoms with Crippen LogP contribution in [-0.4, -0.2) is 25.5 Å². The molecule has 4 aromatic rings. The van der Waals surface area contributed by atoms with Gasteiger partial charge >= 0.3 is 0 Å². The number of hydrogen-bond donors (Lipinski definition) is 1. The SMILES string of the molecule is Cn1ncc(Cl)c1C(=O)NCc1cn(-c2ccccc2)nc1-c1ccccc1. The summed E-state index contributed by atoms with van der Waals surface area (Å²) >= 11 is 6.07. The minimum atomic E-state index is -0.281. The summed E-state index contributed by atoms with van der Waals surface area (Å²) in [6.45, 7) is 0.317. The number of nitrogens with one attached hydrogen (secondary N) is 1. The predicted molar refractivity (Wildman–Crippen MR) is 108 cm³/mol. The zero-order chi connectivity index (χ0) is 19.5. The van der Waals surface area contributed by atoms with Crippen molar-refractivity contribution in [2.24, 2.45) is 7.05 Å². The highest BCUT2D eigenvalue weighted by Crippen LogP contribution is 2.24. The van der Waals surface area contributed by atoms with Crippen LogP contribution in [0.15, 0.2) is 73.1 Å². The zero-order valence-electron chi connectivity index (χ0n) is 15.2. The summed E-state index contributed by atoms with van der Waals surface area (Å²) < 4.78 is 3.28. The lowest BCUT2D eigenvalue weighted by Crippen LogP contribution is -2.25. The lowest BCUT2D eigenvalue weighted by molar-refractivity contribution is 0.0941. The molecular weight excluding hydrogens is 374 g/mol. The van der Waals surface area contributed by atoms with E-state index in [0.29, 0.717) is 17.3 Å². The van der Waals surface area contributed by atoms with Crippen LogP contribution in [0.2, 0.25) is 5.02 Å². The van der Waals surface area contributed by atoms with E-state index in [1.54, 1.807) is 7.05 Å². The highest BCUT2D eigenvalue weighted by atomic mass is 35.5. The van der Waals surface area contributed by atoms with E-state index < -0.39 is 0 Å². The number of para-hydroxylation sites is 1. The third-order valence-electron chi connectivity index (χ3n) is 4.41. The highest BCUT2D eigenvalue weighted by Gasteiger charge is 2.17. The third kappa shape index (κ3) is 3.54. The summed E-state index contributed by atoms with van der Waals surface area (Å²) in [5.41, 5.74) is 3.99. The van der Waals surface area contributed by atoms with Gasteiger partial charge in [0.05, 0.1) is 22.6 Å². The number of rotatable bonds is 5. The molecule has 0 spiro atoms. The topological polar surface area (TPSA) is 64.7 Å². The molecule has 2 heterocycles. The van der Waals surface area contributed by atoms with Gasteiger partial charge in [0.15, 0.2) is 0 Å². The van der Waals surface area contributed by atoms with E-state index in [2.05, 4.69) is 10.4 Å².